The molecule has 6 heteroatoms. The maximum absolute atomic E-state index is 12.4. The summed E-state index contributed by atoms with van der Waals surface area (Å²) in [5.74, 6) is 2.35. The largest absolute Gasteiger partial charge is 0.411 e. The van der Waals surface area contributed by atoms with Gasteiger partial charge in [-0.05, 0) is 23.8 Å². The quantitative estimate of drug-likeness (QED) is 0.640. The van der Waals surface area contributed by atoms with Crippen molar-refractivity contribution in [3.05, 3.63) is 21.4 Å². The molecule has 1 saturated heterocycles. The summed E-state index contributed by atoms with van der Waals surface area (Å²) in [6.45, 7) is 1.32. The van der Waals surface area contributed by atoms with Crippen LogP contribution in [0, 0.1) is 0 Å². The average Bonchev–Trinajstić information content (AvgIpc) is 2.90. The van der Waals surface area contributed by atoms with Crippen LogP contribution in [0.2, 0.25) is 0 Å². The minimum atomic E-state index is 0.140. The number of hydrogen-bond donors (Lipinski definition) is 1. The van der Waals surface area contributed by atoms with Crippen molar-refractivity contribution >= 4 is 34.7 Å². The molecular formula is C13H16N2O2S2. The first-order chi connectivity index (χ1) is 9.28. The van der Waals surface area contributed by atoms with E-state index in [2.05, 4.69) is 11.2 Å². The number of amides is 1. The van der Waals surface area contributed by atoms with E-state index in [9.17, 15) is 4.79 Å². The highest BCUT2D eigenvalue weighted by Crippen LogP contribution is 2.32. The highest BCUT2D eigenvalue weighted by Gasteiger charge is 2.24. The van der Waals surface area contributed by atoms with Gasteiger partial charge in [0.15, 0.2) is 0 Å². The van der Waals surface area contributed by atoms with Gasteiger partial charge < -0.3 is 10.1 Å². The molecule has 2 aliphatic rings. The number of fused-ring (bicyclic) bond motifs is 1. The Hall–Kier alpha value is -1.01. The van der Waals surface area contributed by atoms with Gasteiger partial charge >= 0.3 is 0 Å². The van der Waals surface area contributed by atoms with Crippen LogP contribution in [0.1, 0.15) is 33.0 Å². The van der Waals surface area contributed by atoms with Crippen LogP contribution in [0.15, 0.2) is 11.2 Å². The van der Waals surface area contributed by atoms with Crippen LogP contribution in [-0.4, -0.2) is 40.6 Å². The van der Waals surface area contributed by atoms with Gasteiger partial charge in [0.25, 0.3) is 5.91 Å². The number of aryl methyl sites for hydroxylation is 1. The summed E-state index contributed by atoms with van der Waals surface area (Å²) >= 11 is 3.60. The number of likely N-dealkylation sites (tertiary alicyclic amines) is 1. The molecule has 0 radical (unpaired) electrons. The minimum absolute atomic E-state index is 0.140. The molecule has 1 aromatic rings. The van der Waals surface area contributed by atoms with E-state index in [1.165, 1.54) is 16.2 Å². The lowest BCUT2D eigenvalue weighted by molar-refractivity contribution is 0.0758. The monoisotopic (exact) mass is 296 g/mol. The lowest BCUT2D eigenvalue weighted by atomic mass is 10.1. The summed E-state index contributed by atoms with van der Waals surface area (Å²) in [6.07, 6.45) is 2.46. The first-order valence-corrected chi connectivity index (χ1v) is 8.43. The van der Waals surface area contributed by atoms with E-state index in [0.29, 0.717) is 25.9 Å². The number of carbonyl (C=O) groups excluding carboxylic acids is 1. The van der Waals surface area contributed by atoms with Crippen molar-refractivity contribution in [2.24, 2.45) is 5.16 Å². The van der Waals surface area contributed by atoms with Crippen molar-refractivity contribution in [1.82, 2.24) is 4.90 Å². The molecular weight excluding hydrogens is 280 g/mol. The molecule has 19 heavy (non-hydrogen) atoms. The molecule has 2 aliphatic heterocycles. The Labute approximate surface area is 120 Å². The molecule has 0 saturated carbocycles. The molecule has 0 unspecified atom stereocenters. The number of piperidine rings is 1. The van der Waals surface area contributed by atoms with E-state index in [1.807, 2.05) is 16.7 Å². The Morgan fingerprint density at radius 1 is 1.32 bits per heavy atom. The van der Waals surface area contributed by atoms with Crippen molar-refractivity contribution in [2.75, 3.05) is 18.8 Å². The molecule has 0 bridgehead atoms. The Morgan fingerprint density at radius 2 is 2.11 bits per heavy atom. The van der Waals surface area contributed by atoms with Gasteiger partial charge in [0.1, 0.15) is 0 Å². The van der Waals surface area contributed by atoms with E-state index in [4.69, 9.17) is 5.21 Å². The summed E-state index contributed by atoms with van der Waals surface area (Å²) in [4.78, 5) is 16.6. The van der Waals surface area contributed by atoms with Crippen molar-refractivity contribution in [3.63, 3.8) is 0 Å². The van der Waals surface area contributed by atoms with Crippen LogP contribution < -0.4 is 0 Å². The lowest BCUT2D eigenvalue weighted by Gasteiger charge is -2.26. The van der Waals surface area contributed by atoms with Crippen LogP contribution >= 0.6 is 23.1 Å². The van der Waals surface area contributed by atoms with E-state index in [-0.39, 0.29) is 5.91 Å². The summed E-state index contributed by atoms with van der Waals surface area (Å²) in [6, 6.07) is 2.07. The zero-order valence-corrected chi connectivity index (χ0v) is 12.2. The fourth-order valence-electron chi connectivity index (χ4n) is 2.48. The average molecular weight is 296 g/mol. The number of rotatable bonds is 1. The number of carbonyl (C=O) groups is 1. The zero-order valence-electron chi connectivity index (χ0n) is 10.6. The first kappa shape index (κ1) is 13.0. The molecule has 1 fully saturated rings. The summed E-state index contributed by atoms with van der Waals surface area (Å²) < 4.78 is 0. The molecule has 1 amide bonds. The smallest absolute Gasteiger partial charge is 0.263 e. The van der Waals surface area contributed by atoms with E-state index in [0.717, 1.165) is 22.8 Å². The zero-order chi connectivity index (χ0) is 13.2. The number of nitrogens with zero attached hydrogens (tertiary/aromatic N) is 2. The van der Waals surface area contributed by atoms with Crippen LogP contribution in [0.4, 0.5) is 0 Å². The Kier molecular flexibility index (Phi) is 3.79. The molecule has 0 aliphatic carbocycles. The lowest BCUT2D eigenvalue weighted by Crippen LogP contribution is -2.38. The second-order valence-corrected chi connectivity index (χ2v) is 7.06. The topological polar surface area (TPSA) is 52.9 Å². The summed E-state index contributed by atoms with van der Waals surface area (Å²) in [5, 5.41) is 12.0. The summed E-state index contributed by atoms with van der Waals surface area (Å²) in [7, 11) is 0. The third kappa shape index (κ3) is 2.65. The SMILES string of the molecule is O=C(c1cc2c(s1)CCSC2)N1CCC(=NO)CC1. The van der Waals surface area contributed by atoms with Gasteiger partial charge in [-0.15, -0.1) is 11.3 Å². The van der Waals surface area contributed by atoms with E-state index >= 15 is 0 Å². The fourth-order valence-corrected chi connectivity index (χ4v) is 4.82. The van der Waals surface area contributed by atoms with Gasteiger partial charge in [0.2, 0.25) is 0 Å². The highest BCUT2D eigenvalue weighted by molar-refractivity contribution is 7.98. The minimum Gasteiger partial charge on any atom is -0.411 e. The number of oxime groups is 1. The van der Waals surface area contributed by atoms with Gasteiger partial charge in [-0.3, -0.25) is 4.79 Å². The molecule has 0 atom stereocenters. The van der Waals surface area contributed by atoms with Crippen molar-refractivity contribution in [1.29, 1.82) is 0 Å². The number of thioether (sulfide) groups is 1. The van der Waals surface area contributed by atoms with E-state index < -0.39 is 0 Å². The molecule has 0 spiro atoms. The van der Waals surface area contributed by atoms with Gasteiger partial charge in [-0.25, -0.2) is 0 Å². The van der Waals surface area contributed by atoms with Crippen molar-refractivity contribution < 1.29 is 10.0 Å². The number of thiophene rings is 1. The molecule has 0 aromatic carbocycles. The predicted molar refractivity (Wildman–Crippen MR) is 78.5 cm³/mol. The normalized spacial score (nSPS) is 19.2. The Balaban J connectivity index is 1.72. The Bertz CT molecular complexity index is 491. The van der Waals surface area contributed by atoms with Gasteiger partial charge in [0, 0.05) is 36.6 Å². The van der Waals surface area contributed by atoms with Crippen molar-refractivity contribution in [2.45, 2.75) is 25.0 Å². The fraction of sp³-hybridized carbons (Fsp3) is 0.538. The Morgan fingerprint density at radius 3 is 2.79 bits per heavy atom. The third-order valence-electron chi connectivity index (χ3n) is 3.61. The second-order valence-electron chi connectivity index (χ2n) is 4.82. The number of hydrogen-bond acceptors (Lipinski definition) is 5. The van der Waals surface area contributed by atoms with Crippen LogP contribution in [0.3, 0.4) is 0 Å². The molecule has 102 valence electrons. The second kappa shape index (κ2) is 5.54. The predicted octanol–water partition coefficient (Wildman–Crippen LogP) is 2.60. The standard InChI is InChI=1S/C13H16N2O2S2/c16-13(15-4-1-10(14-17)2-5-15)12-7-9-8-18-6-3-11(9)19-12/h7,17H,1-6,8H2. The van der Waals surface area contributed by atoms with Crippen LogP contribution in [0.5, 0.6) is 0 Å². The van der Waals surface area contributed by atoms with Crippen LogP contribution in [0.25, 0.3) is 0 Å². The maximum atomic E-state index is 12.4. The molecule has 4 nitrogen and oxygen atoms in total. The van der Waals surface area contributed by atoms with E-state index in [1.54, 1.807) is 11.3 Å². The molecule has 3 rings (SSSR count). The van der Waals surface area contributed by atoms with Crippen LogP contribution in [-0.2, 0) is 12.2 Å². The first-order valence-electron chi connectivity index (χ1n) is 6.46. The van der Waals surface area contributed by atoms with Gasteiger partial charge in [0.05, 0.1) is 10.6 Å². The molecule has 1 aromatic heterocycles. The summed E-state index contributed by atoms with van der Waals surface area (Å²) in [5.41, 5.74) is 2.14. The maximum Gasteiger partial charge on any atom is 0.263 e. The van der Waals surface area contributed by atoms with Gasteiger partial charge in [-0.2, -0.15) is 11.8 Å². The molecule has 3 heterocycles. The molecule has 1 N–H and O–H groups in total. The third-order valence-corrected chi connectivity index (χ3v) is 5.84. The van der Waals surface area contributed by atoms with Gasteiger partial charge in [-0.1, -0.05) is 5.16 Å². The van der Waals surface area contributed by atoms with Crippen molar-refractivity contribution in [3.8, 4) is 0 Å². The highest BCUT2D eigenvalue weighted by atomic mass is 32.2.